The smallest absolute Gasteiger partial charge is 0.187 e. The Labute approximate surface area is 86.6 Å². The Morgan fingerprint density at radius 2 is 2.29 bits per heavy atom. The number of thioether (sulfide) groups is 1. The Hall–Kier alpha value is -1.29. The van der Waals surface area contributed by atoms with Gasteiger partial charge in [0.2, 0.25) is 0 Å². The first kappa shape index (κ1) is 9.27. The van der Waals surface area contributed by atoms with Crippen LogP contribution < -0.4 is 0 Å². The second-order valence-electron chi connectivity index (χ2n) is 2.92. The highest BCUT2D eigenvalue weighted by Crippen LogP contribution is 2.20. The predicted molar refractivity (Wildman–Crippen MR) is 56.3 cm³/mol. The van der Waals surface area contributed by atoms with E-state index in [9.17, 15) is 0 Å². The van der Waals surface area contributed by atoms with Crippen molar-refractivity contribution < 1.29 is 4.42 Å². The summed E-state index contributed by atoms with van der Waals surface area (Å²) in [5.41, 5.74) is 1.93. The lowest BCUT2D eigenvalue weighted by atomic mass is 10.3. The van der Waals surface area contributed by atoms with Crippen molar-refractivity contribution in [2.24, 2.45) is 0 Å². The van der Waals surface area contributed by atoms with Crippen LogP contribution in [0.1, 0.15) is 5.56 Å². The zero-order chi connectivity index (χ0) is 9.97. The van der Waals surface area contributed by atoms with Gasteiger partial charge >= 0.3 is 0 Å². The largest absolute Gasteiger partial charge is 0.462 e. The minimum Gasteiger partial charge on any atom is -0.462 e. The summed E-state index contributed by atoms with van der Waals surface area (Å²) in [6, 6.07) is 3.81. The molecule has 2 rings (SSSR count). The van der Waals surface area contributed by atoms with E-state index in [1.54, 1.807) is 12.5 Å². The van der Waals surface area contributed by atoms with Gasteiger partial charge in [-0.1, -0.05) is 11.8 Å². The fourth-order valence-corrected chi connectivity index (χ4v) is 1.50. The van der Waals surface area contributed by atoms with Gasteiger partial charge in [0.05, 0.1) is 6.26 Å². The third-order valence-corrected chi connectivity index (χ3v) is 2.36. The van der Waals surface area contributed by atoms with Crippen molar-refractivity contribution >= 4 is 11.8 Å². The number of furan rings is 1. The standard InChI is InChI=1S/C10H10N2OS/c1-7-5-9(13-6-7)8-3-4-11-10(12-8)14-2/h3-6H,1-2H3. The number of hydrogen-bond acceptors (Lipinski definition) is 4. The van der Waals surface area contributed by atoms with Crippen LogP contribution in [-0.4, -0.2) is 16.2 Å². The van der Waals surface area contributed by atoms with E-state index in [4.69, 9.17) is 4.42 Å². The summed E-state index contributed by atoms with van der Waals surface area (Å²) < 4.78 is 5.35. The van der Waals surface area contributed by atoms with E-state index in [1.807, 2.05) is 25.3 Å². The molecule has 0 radical (unpaired) electrons. The van der Waals surface area contributed by atoms with Gasteiger partial charge in [-0.2, -0.15) is 0 Å². The average Bonchev–Trinajstić information content (AvgIpc) is 2.65. The van der Waals surface area contributed by atoms with Gasteiger partial charge in [0.25, 0.3) is 0 Å². The summed E-state index contributed by atoms with van der Waals surface area (Å²) >= 11 is 1.52. The van der Waals surface area contributed by atoms with Gasteiger partial charge in [-0.3, -0.25) is 0 Å². The molecule has 2 aromatic heterocycles. The second-order valence-corrected chi connectivity index (χ2v) is 3.69. The summed E-state index contributed by atoms with van der Waals surface area (Å²) in [5.74, 6) is 0.792. The number of aromatic nitrogens is 2. The Morgan fingerprint density at radius 3 is 2.93 bits per heavy atom. The zero-order valence-corrected chi connectivity index (χ0v) is 8.84. The molecule has 0 saturated heterocycles. The summed E-state index contributed by atoms with van der Waals surface area (Å²) in [6.45, 7) is 1.99. The quantitative estimate of drug-likeness (QED) is 0.559. The van der Waals surface area contributed by atoms with Crippen LogP contribution in [0.2, 0.25) is 0 Å². The normalized spacial score (nSPS) is 10.4. The molecule has 0 spiro atoms. The summed E-state index contributed by atoms with van der Waals surface area (Å²) in [6.07, 6.45) is 5.41. The predicted octanol–water partition coefficient (Wildman–Crippen LogP) is 2.77. The summed E-state index contributed by atoms with van der Waals surface area (Å²) in [7, 11) is 0. The molecule has 14 heavy (non-hydrogen) atoms. The van der Waals surface area contributed by atoms with Gasteiger partial charge in [-0.25, -0.2) is 9.97 Å². The number of aryl methyl sites for hydroxylation is 1. The van der Waals surface area contributed by atoms with Crippen LogP contribution in [0.5, 0.6) is 0 Å². The Morgan fingerprint density at radius 1 is 1.43 bits per heavy atom. The van der Waals surface area contributed by atoms with Crippen LogP contribution in [-0.2, 0) is 0 Å². The first-order valence-corrected chi connectivity index (χ1v) is 5.44. The Balaban J connectivity index is 2.41. The first-order chi connectivity index (χ1) is 6.79. The molecule has 0 aromatic carbocycles. The van der Waals surface area contributed by atoms with Gasteiger partial charge in [0.15, 0.2) is 10.9 Å². The molecule has 0 atom stereocenters. The van der Waals surface area contributed by atoms with Crippen molar-refractivity contribution in [2.75, 3.05) is 6.26 Å². The molecule has 0 aliphatic carbocycles. The lowest BCUT2D eigenvalue weighted by Gasteiger charge is -1.97. The van der Waals surface area contributed by atoms with Crippen molar-refractivity contribution in [1.82, 2.24) is 9.97 Å². The van der Waals surface area contributed by atoms with Gasteiger partial charge in [0.1, 0.15) is 5.69 Å². The monoisotopic (exact) mass is 206 g/mol. The summed E-state index contributed by atoms with van der Waals surface area (Å²) in [4.78, 5) is 8.43. The minimum absolute atomic E-state index is 0.761. The minimum atomic E-state index is 0.761. The van der Waals surface area contributed by atoms with Gasteiger partial charge in [-0.05, 0) is 30.9 Å². The van der Waals surface area contributed by atoms with E-state index in [0.29, 0.717) is 0 Å². The van der Waals surface area contributed by atoms with Crippen molar-refractivity contribution in [3.63, 3.8) is 0 Å². The van der Waals surface area contributed by atoms with E-state index >= 15 is 0 Å². The molecule has 3 nitrogen and oxygen atoms in total. The molecule has 0 bridgehead atoms. The maximum absolute atomic E-state index is 5.35. The Bertz CT molecular complexity index is 439. The molecule has 0 aliphatic heterocycles. The molecule has 0 unspecified atom stereocenters. The maximum Gasteiger partial charge on any atom is 0.187 e. The van der Waals surface area contributed by atoms with Crippen LogP contribution >= 0.6 is 11.8 Å². The lowest BCUT2D eigenvalue weighted by Crippen LogP contribution is -1.87. The van der Waals surface area contributed by atoms with Gasteiger partial charge < -0.3 is 4.42 Å². The van der Waals surface area contributed by atoms with E-state index in [1.165, 1.54) is 11.8 Å². The van der Waals surface area contributed by atoms with E-state index in [2.05, 4.69) is 9.97 Å². The van der Waals surface area contributed by atoms with Crippen LogP contribution in [0.3, 0.4) is 0 Å². The lowest BCUT2D eigenvalue weighted by molar-refractivity contribution is 0.577. The topological polar surface area (TPSA) is 38.9 Å². The Kier molecular flexibility index (Phi) is 2.54. The molecule has 0 aliphatic rings. The van der Waals surface area contributed by atoms with Gasteiger partial charge in [-0.15, -0.1) is 0 Å². The molecule has 72 valence electrons. The fourth-order valence-electron chi connectivity index (χ4n) is 1.14. The van der Waals surface area contributed by atoms with Crippen LogP contribution in [0.4, 0.5) is 0 Å². The highest BCUT2D eigenvalue weighted by molar-refractivity contribution is 7.98. The SMILES string of the molecule is CSc1nccc(-c2cc(C)co2)n1. The molecule has 4 heteroatoms. The molecule has 0 amide bonds. The molecule has 2 heterocycles. The van der Waals surface area contributed by atoms with E-state index < -0.39 is 0 Å². The van der Waals surface area contributed by atoms with Crippen molar-refractivity contribution in [3.8, 4) is 11.5 Å². The van der Waals surface area contributed by atoms with Crippen molar-refractivity contribution in [3.05, 3.63) is 30.2 Å². The van der Waals surface area contributed by atoms with E-state index in [0.717, 1.165) is 22.2 Å². The highest BCUT2D eigenvalue weighted by atomic mass is 32.2. The molecule has 0 N–H and O–H groups in total. The third-order valence-electron chi connectivity index (χ3n) is 1.80. The molecule has 0 saturated carbocycles. The zero-order valence-electron chi connectivity index (χ0n) is 8.02. The molecule has 0 fully saturated rings. The number of nitrogens with zero attached hydrogens (tertiary/aromatic N) is 2. The van der Waals surface area contributed by atoms with Crippen molar-refractivity contribution in [2.45, 2.75) is 12.1 Å². The second kappa shape index (κ2) is 3.84. The summed E-state index contributed by atoms with van der Waals surface area (Å²) in [5, 5.41) is 0.761. The van der Waals surface area contributed by atoms with Crippen LogP contribution in [0.25, 0.3) is 11.5 Å². The van der Waals surface area contributed by atoms with Crippen molar-refractivity contribution in [1.29, 1.82) is 0 Å². The van der Waals surface area contributed by atoms with E-state index in [-0.39, 0.29) is 0 Å². The fraction of sp³-hybridized carbons (Fsp3) is 0.200. The molecular weight excluding hydrogens is 196 g/mol. The first-order valence-electron chi connectivity index (χ1n) is 4.22. The molecular formula is C10H10N2OS. The third kappa shape index (κ3) is 1.80. The van der Waals surface area contributed by atoms with Crippen LogP contribution in [0, 0.1) is 6.92 Å². The highest BCUT2D eigenvalue weighted by Gasteiger charge is 2.04. The molecule has 2 aromatic rings. The van der Waals surface area contributed by atoms with Crippen LogP contribution in [0.15, 0.2) is 34.2 Å². The number of rotatable bonds is 2. The maximum atomic E-state index is 5.35. The van der Waals surface area contributed by atoms with Gasteiger partial charge in [0, 0.05) is 6.20 Å². The average molecular weight is 206 g/mol. The number of hydrogen-bond donors (Lipinski definition) is 0.